The first-order valence-corrected chi connectivity index (χ1v) is 9.44. The van der Waals surface area contributed by atoms with E-state index in [1.54, 1.807) is 20.9 Å². The van der Waals surface area contributed by atoms with Crippen LogP contribution in [0.5, 0.6) is 0 Å². The first-order valence-electron chi connectivity index (χ1n) is 9.44. The molecule has 3 heterocycles. The molecule has 1 saturated heterocycles. The highest BCUT2D eigenvalue weighted by Gasteiger charge is 2.24. The second kappa shape index (κ2) is 8.33. The summed E-state index contributed by atoms with van der Waals surface area (Å²) >= 11 is 0. The number of carbonyl (C=O) groups is 1. The predicted molar refractivity (Wildman–Crippen MR) is 107 cm³/mol. The number of nitrogens with zero attached hydrogens (tertiary/aromatic N) is 5. The molecule has 0 amide bonds. The Bertz CT molecular complexity index is 991. The summed E-state index contributed by atoms with van der Waals surface area (Å²) in [6.07, 6.45) is 3.39. The number of carbonyl (C=O) groups excluding carboxylic acids is 1. The first kappa shape index (κ1) is 19.7. The summed E-state index contributed by atoms with van der Waals surface area (Å²) in [7, 11) is 2.93. The van der Waals surface area contributed by atoms with Gasteiger partial charge in [0.25, 0.3) is 5.56 Å². The van der Waals surface area contributed by atoms with Crippen molar-refractivity contribution in [1.82, 2.24) is 19.1 Å². The van der Waals surface area contributed by atoms with Gasteiger partial charge in [-0.2, -0.15) is 9.97 Å². The van der Waals surface area contributed by atoms with Gasteiger partial charge in [0.05, 0.1) is 13.7 Å². The Kier molecular flexibility index (Phi) is 5.87. The van der Waals surface area contributed by atoms with Crippen LogP contribution >= 0.6 is 0 Å². The number of piperidine rings is 1. The van der Waals surface area contributed by atoms with E-state index in [2.05, 4.69) is 32.0 Å². The Morgan fingerprint density at radius 1 is 1.29 bits per heavy atom. The molecule has 0 aliphatic carbocycles. The Balaban J connectivity index is 2.12. The van der Waals surface area contributed by atoms with Crippen LogP contribution < -0.4 is 15.8 Å². The van der Waals surface area contributed by atoms with Gasteiger partial charge in [-0.05, 0) is 33.1 Å². The minimum Gasteiger partial charge on any atom is -0.467 e. The highest BCUT2D eigenvalue weighted by atomic mass is 16.5. The molecule has 1 unspecified atom stereocenters. The maximum atomic E-state index is 13.1. The molecule has 9 heteroatoms. The fraction of sp³-hybridized carbons (Fsp3) is 0.579. The van der Waals surface area contributed by atoms with Crippen molar-refractivity contribution < 1.29 is 9.53 Å². The predicted octanol–water partition coefficient (Wildman–Crippen LogP) is 1.12. The summed E-state index contributed by atoms with van der Waals surface area (Å²) in [5, 5.41) is 2.93. The summed E-state index contributed by atoms with van der Waals surface area (Å²) in [6, 6.07) is -0.643. The number of fused-ring (bicyclic) bond motifs is 1. The van der Waals surface area contributed by atoms with E-state index >= 15 is 0 Å². The summed E-state index contributed by atoms with van der Waals surface area (Å²) in [6.45, 7) is 5.59. The standard InChI is InChI=1S/C19H26N6O3/c1-5-6-12-25-14-15(22-19(25)24-10-8-7-9-11-24)21-18(23(3)16(14)26)20-13(2)17(27)28-4/h13H,7-12H2,1-4H3,(H,20,21). The van der Waals surface area contributed by atoms with Gasteiger partial charge in [0.2, 0.25) is 11.9 Å². The van der Waals surface area contributed by atoms with Crippen molar-refractivity contribution in [2.45, 2.75) is 45.7 Å². The molecule has 1 aliphatic rings. The largest absolute Gasteiger partial charge is 0.467 e. The normalized spacial score (nSPS) is 15.1. The zero-order valence-corrected chi connectivity index (χ0v) is 16.8. The van der Waals surface area contributed by atoms with E-state index in [0.29, 0.717) is 17.7 Å². The molecule has 150 valence electrons. The van der Waals surface area contributed by atoms with Gasteiger partial charge in [-0.25, -0.2) is 4.79 Å². The third kappa shape index (κ3) is 3.67. The minimum absolute atomic E-state index is 0.238. The van der Waals surface area contributed by atoms with Gasteiger partial charge in [0, 0.05) is 20.1 Å². The van der Waals surface area contributed by atoms with Crippen LogP contribution in [0.3, 0.4) is 0 Å². The Morgan fingerprint density at radius 3 is 2.64 bits per heavy atom. The average molecular weight is 386 g/mol. The van der Waals surface area contributed by atoms with Crippen LogP contribution in [0.1, 0.15) is 33.1 Å². The van der Waals surface area contributed by atoms with E-state index in [1.807, 2.05) is 4.57 Å². The fourth-order valence-corrected chi connectivity index (χ4v) is 3.35. The number of hydrogen-bond donors (Lipinski definition) is 1. The van der Waals surface area contributed by atoms with Crippen molar-refractivity contribution in [3.05, 3.63) is 10.4 Å². The van der Waals surface area contributed by atoms with Gasteiger partial charge in [-0.3, -0.25) is 13.9 Å². The molecule has 1 N–H and O–H groups in total. The van der Waals surface area contributed by atoms with E-state index < -0.39 is 12.0 Å². The van der Waals surface area contributed by atoms with Gasteiger partial charge in [-0.1, -0.05) is 5.92 Å². The molecule has 0 spiro atoms. The Hall–Kier alpha value is -3.02. The zero-order valence-electron chi connectivity index (χ0n) is 16.8. The maximum absolute atomic E-state index is 13.1. The van der Waals surface area contributed by atoms with Crippen molar-refractivity contribution in [2.75, 3.05) is 30.4 Å². The number of esters is 1. The molecule has 1 aliphatic heterocycles. The molecule has 9 nitrogen and oxygen atoms in total. The molecule has 2 aromatic heterocycles. The molecule has 0 bridgehead atoms. The Labute approximate surface area is 163 Å². The Morgan fingerprint density at radius 2 is 2.00 bits per heavy atom. The smallest absolute Gasteiger partial charge is 0.328 e. The number of rotatable bonds is 5. The van der Waals surface area contributed by atoms with Gasteiger partial charge in [0.1, 0.15) is 6.04 Å². The minimum atomic E-state index is -0.643. The molecule has 2 aromatic rings. The van der Waals surface area contributed by atoms with Crippen LogP contribution in [0.25, 0.3) is 11.2 Å². The summed E-state index contributed by atoms with van der Waals surface area (Å²) < 4.78 is 7.97. The molecule has 1 atom stereocenters. The van der Waals surface area contributed by atoms with Crippen LogP contribution in [-0.2, 0) is 23.1 Å². The highest BCUT2D eigenvalue weighted by molar-refractivity contribution is 5.79. The van der Waals surface area contributed by atoms with E-state index in [4.69, 9.17) is 4.74 Å². The van der Waals surface area contributed by atoms with Crippen molar-refractivity contribution in [3.8, 4) is 11.8 Å². The number of ether oxygens (including phenoxy) is 1. The van der Waals surface area contributed by atoms with Crippen LogP contribution in [0.4, 0.5) is 11.9 Å². The maximum Gasteiger partial charge on any atom is 0.328 e. The first-order chi connectivity index (χ1) is 13.5. The molecular formula is C19H26N6O3. The second-order valence-corrected chi connectivity index (χ2v) is 6.83. The molecule has 28 heavy (non-hydrogen) atoms. The van der Waals surface area contributed by atoms with Crippen molar-refractivity contribution in [3.63, 3.8) is 0 Å². The quantitative estimate of drug-likeness (QED) is 0.608. The van der Waals surface area contributed by atoms with Crippen molar-refractivity contribution in [1.29, 1.82) is 0 Å². The summed E-state index contributed by atoms with van der Waals surface area (Å²) in [5.74, 6) is 6.47. The number of imidazole rings is 1. The van der Waals surface area contributed by atoms with Crippen LogP contribution in [0.15, 0.2) is 4.79 Å². The van der Waals surface area contributed by atoms with Crippen molar-refractivity contribution in [2.24, 2.45) is 7.05 Å². The number of methoxy groups -OCH3 is 1. The van der Waals surface area contributed by atoms with Gasteiger partial charge in [-0.15, -0.1) is 5.92 Å². The van der Waals surface area contributed by atoms with Crippen molar-refractivity contribution >= 4 is 29.0 Å². The number of nitrogens with one attached hydrogen (secondary N) is 1. The molecule has 0 radical (unpaired) electrons. The lowest BCUT2D eigenvalue weighted by molar-refractivity contribution is -0.141. The third-order valence-corrected chi connectivity index (χ3v) is 4.92. The SMILES string of the molecule is CC#CCn1c(N2CCCCC2)nc2nc(NC(C)C(=O)OC)n(C)c(=O)c21. The van der Waals surface area contributed by atoms with Gasteiger partial charge in [0.15, 0.2) is 11.2 Å². The number of anilines is 2. The number of aromatic nitrogens is 4. The van der Waals surface area contributed by atoms with Gasteiger partial charge >= 0.3 is 5.97 Å². The van der Waals surface area contributed by atoms with Crippen LogP contribution in [0.2, 0.25) is 0 Å². The molecule has 0 aromatic carbocycles. The topological polar surface area (TPSA) is 94.3 Å². The zero-order chi connectivity index (χ0) is 20.3. The van der Waals surface area contributed by atoms with E-state index in [1.165, 1.54) is 18.1 Å². The summed E-state index contributed by atoms with van der Waals surface area (Å²) in [5.41, 5.74) is 0.529. The van der Waals surface area contributed by atoms with Crippen LogP contribution in [0, 0.1) is 11.8 Å². The lowest BCUT2D eigenvalue weighted by Crippen LogP contribution is -2.33. The van der Waals surface area contributed by atoms with E-state index in [9.17, 15) is 9.59 Å². The lowest BCUT2D eigenvalue weighted by Gasteiger charge is -2.27. The van der Waals surface area contributed by atoms with E-state index in [0.717, 1.165) is 31.9 Å². The average Bonchev–Trinajstić information content (AvgIpc) is 3.08. The molecular weight excluding hydrogens is 360 g/mol. The molecule has 1 fully saturated rings. The lowest BCUT2D eigenvalue weighted by atomic mass is 10.1. The summed E-state index contributed by atoms with van der Waals surface area (Å²) in [4.78, 5) is 36.2. The molecule has 3 rings (SSSR count). The highest BCUT2D eigenvalue weighted by Crippen LogP contribution is 2.23. The fourth-order valence-electron chi connectivity index (χ4n) is 3.35. The second-order valence-electron chi connectivity index (χ2n) is 6.83. The molecule has 0 saturated carbocycles. The third-order valence-electron chi connectivity index (χ3n) is 4.92. The number of hydrogen-bond acceptors (Lipinski definition) is 7. The van der Waals surface area contributed by atoms with Crippen LogP contribution in [-0.4, -0.2) is 51.3 Å². The van der Waals surface area contributed by atoms with E-state index in [-0.39, 0.29) is 11.5 Å². The van der Waals surface area contributed by atoms with Gasteiger partial charge < -0.3 is 15.0 Å². The monoisotopic (exact) mass is 386 g/mol.